The smallest absolute Gasteiger partial charge is 0.0698 e. The van der Waals surface area contributed by atoms with Gasteiger partial charge < -0.3 is 4.74 Å². The number of nitrogens with zero attached hydrogens (tertiary/aromatic N) is 2. The van der Waals surface area contributed by atoms with Crippen molar-refractivity contribution < 1.29 is 4.74 Å². The highest BCUT2D eigenvalue weighted by molar-refractivity contribution is 5.09. The van der Waals surface area contributed by atoms with E-state index in [-0.39, 0.29) is 11.6 Å². The van der Waals surface area contributed by atoms with E-state index in [9.17, 15) is 0 Å². The van der Waals surface area contributed by atoms with Crippen LogP contribution in [0.5, 0.6) is 0 Å². The molecular weight excluding hydrogens is 228 g/mol. The van der Waals surface area contributed by atoms with Gasteiger partial charge in [0.25, 0.3) is 0 Å². The van der Waals surface area contributed by atoms with Crippen LogP contribution in [0.3, 0.4) is 0 Å². The Kier molecular flexibility index (Phi) is 4.37. The van der Waals surface area contributed by atoms with Crippen LogP contribution in [-0.2, 0) is 11.3 Å². The van der Waals surface area contributed by atoms with Crippen LogP contribution in [0.2, 0.25) is 0 Å². The Morgan fingerprint density at radius 2 is 2.39 bits per heavy atom. The lowest BCUT2D eigenvalue weighted by Crippen LogP contribution is -2.44. The predicted molar refractivity (Wildman–Crippen MR) is 70.8 cm³/mol. The molecule has 5 nitrogen and oxygen atoms in total. The molecule has 0 bridgehead atoms. The van der Waals surface area contributed by atoms with Crippen LogP contribution in [0.15, 0.2) is 12.3 Å². The summed E-state index contributed by atoms with van der Waals surface area (Å²) in [6.45, 7) is 3.08. The highest BCUT2D eigenvalue weighted by atomic mass is 16.5. The van der Waals surface area contributed by atoms with Crippen molar-refractivity contribution in [2.45, 2.75) is 57.2 Å². The second-order valence-corrected chi connectivity index (χ2v) is 5.14. The summed E-state index contributed by atoms with van der Waals surface area (Å²) in [5.74, 6) is 5.72. The summed E-state index contributed by atoms with van der Waals surface area (Å²) >= 11 is 0. The fraction of sp³-hybridized carbons (Fsp3) is 0.769. The molecule has 0 aromatic carbocycles. The van der Waals surface area contributed by atoms with Gasteiger partial charge in [0.15, 0.2) is 0 Å². The number of ether oxygens (including phenoxy) is 1. The van der Waals surface area contributed by atoms with E-state index in [0.717, 1.165) is 37.9 Å². The molecule has 0 radical (unpaired) electrons. The lowest BCUT2D eigenvalue weighted by atomic mass is 9.75. The summed E-state index contributed by atoms with van der Waals surface area (Å²) in [5.41, 5.74) is 4.09. The maximum Gasteiger partial charge on any atom is 0.0698 e. The van der Waals surface area contributed by atoms with E-state index in [1.807, 2.05) is 16.9 Å². The molecule has 1 unspecified atom stereocenters. The van der Waals surface area contributed by atoms with Crippen molar-refractivity contribution in [3.8, 4) is 0 Å². The normalized spacial score (nSPS) is 19.5. The molecule has 0 aliphatic heterocycles. The number of hydrogen-bond donors (Lipinski definition) is 2. The fourth-order valence-corrected chi connectivity index (χ4v) is 2.72. The molecule has 0 amide bonds. The van der Waals surface area contributed by atoms with Crippen LogP contribution < -0.4 is 11.3 Å². The third kappa shape index (κ3) is 2.58. The van der Waals surface area contributed by atoms with E-state index in [1.165, 1.54) is 6.42 Å². The maximum absolute atomic E-state index is 5.72. The molecule has 5 heteroatoms. The van der Waals surface area contributed by atoms with Gasteiger partial charge >= 0.3 is 0 Å². The molecule has 1 aromatic heterocycles. The standard InChI is InChI=1S/C13H24N4O/c1-3-9-17-12(5-8-15-17)11(16-14)10-13(18-2)6-4-7-13/h5,8,11,16H,3-4,6-7,9-10,14H2,1-2H3. The van der Waals surface area contributed by atoms with E-state index < -0.39 is 0 Å². The summed E-state index contributed by atoms with van der Waals surface area (Å²) < 4.78 is 7.71. The monoisotopic (exact) mass is 252 g/mol. The average molecular weight is 252 g/mol. The first-order valence-corrected chi connectivity index (χ1v) is 6.77. The molecule has 0 spiro atoms. The van der Waals surface area contributed by atoms with Crippen LogP contribution in [0.25, 0.3) is 0 Å². The Morgan fingerprint density at radius 1 is 1.61 bits per heavy atom. The maximum atomic E-state index is 5.72. The Labute approximate surface area is 109 Å². The highest BCUT2D eigenvalue weighted by Gasteiger charge is 2.39. The lowest BCUT2D eigenvalue weighted by Gasteiger charge is -2.42. The van der Waals surface area contributed by atoms with Gasteiger partial charge in [-0.1, -0.05) is 6.92 Å². The van der Waals surface area contributed by atoms with Gasteiger partial charge in [-0.2, -0.15) is 5.10 Å². The zero-order valence-corrected chi connectivity index (χ0v) is 11.4. The number of aryl methyl sites for hydroxylation is 1. The quantitative estimate of drug-likeness (QED) is 0.573. The van der Waals surface area contributed by atoms with Crippen LogP contribution in [0.1, 0.15) is 50.8 Å². The first-order chi connectivity index (χ1) is 8.74. The average Bonchev–Trinajstić information content (AvgIpc) is 2.78. The zero-order chi connectivity index (χ0) is 13.0. The van der Waals surface area contributed by atoms with Crippen LogP contribution in [0, 0.1) is 0 Å². The van der Waals surface area contributed by atoms with Crippen molar-refractivity contribution in [2.75, 3.05) is 7.11 Å². The number of methoxy groups -OCH3 is 1. The fourth-order valence-electron chi connectivity index (χ4n) is 2.72. The third-order valence-electron chi connectivity index (χ3n) is 4.02. The molecule has 18 heavy (non-hydrogen) atoms. The third-order valence-corrected chi connectivity index (χ3v) is 4.02. The first-order valence-electron chi connectivity index (χ1n) is 6.77. The van der Waals surface area contributed by atoms with Crippen LogP contribution in [-0.4, -0.2) is 22.5 Å². The zero-order valence-electron chi connectivity index (χ0n) is 11.4. The molecule has 1 heterocycles. The van der Waals surface area contributed by atoms with Crippen molar-refractivity contribution in [3.63, 3.8) is 0 Å². The van der Waals surface area contributed by atoms with Crippen molar-refractivity contribution >= 4 is 0 Å². The molecule has 3 N–H and O–H groups in total. The summed E-state index contributed by atoms with van der Waals surface area (Å²) in [6, 6.07) is 2.15. The molecule has 102 valence electrons. The van der Waals surface area contributed by atoms with Gasteiger partial charge in [0.05, 0.1) is 17.3 Å². The molecule has 1 aliphatic carbocycles. The lowest BCUT2D eigenvalue weighted by molar-refractivity contribution is -0.0843. The van der Waals surface area contributed by atoms with E-state index in [4.69, 9.17) is 10.6 Å². The van der Waals surface area contributed by atoms with Gasteiger partial charge in [0, 0.05) is 19.9 Å². The largest absolute Gasteiger partial charge is 0.378 e. The Morgan fingerprint density at radius 3 is 2.89 bits per heavy atom. The van der Waals surface area contributed by atoms with Crippen molar-refractivity contribution in [1.82, 2.24) is 15.2 Å². The molecule has 1 fully saturated rings. The molecule has 1 atom stereocenters. The molecule has 1 saturated carbocycles. The molecule has 0 saturated heterocycles. The van der Waals surface area contributed by atoms with Crippen molar-refractivity contribution in [2.24, 2.45) is 5.84 Å². The number of aromatic nitrogens is 2. The number of nitrogens with one attached hydrogen (secondary N) is 1. The van der Waals surface area contributed by atoms with E-state index in [1.54, 1.807) is 7.11 Å². The highest BCUT2D eigenvalue weighted by Crippen LogP contribution is 2.41. The Hall–Kier alpha value is -0.910. The SMILES string of the molecule is CCCn1nccc1C(CC1(OC)CCC1)NN. The van der Waals surface area contributed by atoms with Crippen LogP contribution in [0.4, 0.5) is 0 Å². The molecule has 1 aromatic rings. The number of hydrazine groups is 1. The second kappa shape index (κ2) is 5.82. The van der Waals surface area contributed by atoms with Crippen LogP contribution >= 0.6 is 0 Å². The molecule has 2 rings (SSSR count). The van der Waals surface area contributed by atoms with E-state index in [2.05, 4.69) is 17.4 Å². The summed E-state index contributed by atoms with van der Waals surface area (Å²) in [4.78, 5) is 0. The molecular formula is C13H24N4O. The van der Waals surface area contributed by atoms with Gasteiger partial charge in [-0.3, -0.25) is 16.0 Å². The summed E-state index contributed by atoms with van der Waals surface area (Å²) in [6.07, 6.45) is 7.33. The van der Waals surface area contributed by atoms with E-state index in [0.29, 0.717) is 0 Å². The minimum Gasteiger partial charge on any atom is -0.378 e. The topological polar surface area (TPSA) is 65.1 Å². The van der Waals surface area contributed by atoms with Gasteiger partial charge in [0.1, 0.15) is 0 Å². The molecule has 1 aliphatic rings. The Balaban J connectivity index is 2.10. The van der Waals surface area contributed by atoms with Crippen molar-refractivity contribution in [1.29, 1.82) is 0 Å². The number of nitrogens with two attached hydrogens (primary N) is 1. The van der Waals surface area contributed by atoms with E-state index >= 15 is 0 Å². The Bertz CT molecular complexity index is 367. The second-order valence-electron chi connectivity index (χ2n) is 5.14. The number of rotatable bonds is 7. The summed E-state index contributed by atoms with van der Waals surface area (Å²) in [7, 11) is 1.80. The van der Waals surface area contributed by atoms with Gasteiger partial charge in [-0.25, -0.2) is 0 Å². The number of hydrogen-bond acceptors (Lipinski definition) is 4. The predicted octanol–water partition coefficient (Wildman–Crippen LogP) is 1.76. The first kappa shape index (κ1) is 13.5. The van der Waals surface area contributed by atoms with Gasteiger partial charge in [0.2, 0.25) is 0 Å². The van der Waals surface area contributed by atoms with Gasteiger partial charge in [-0.15, -0.1) is 0 Å². The van der Waals surface area contributed by atoms with Crippen molar-refractivity contribution in [3.05, 3.63) is 18.0 Å². The van der Waals surface area contributed by atoms with Gasteiger partial charge in [-0.05, 0) is 38.2 Å². The minimum absolute atomic E-state index is 0.0123. The summed E-state index contributed by atoms with van der Waals surface area (Å²) in [5, 5.41) is 4.35. The minimum atomic E-state index is 0.0123.